The molecular formula is C31H25Cl3N4O3S. The van der Waals surface area contributed by atoms with Crippen LogP contribution in [0.4, 0.5) is 11.4 Å². The Bertz CT molecular complexity index is 1610. The van der Waals surface area contributed by atoms with Gasteiger partial charge in [-0.15, -0.1) is 0 Å². The summed E-state index contributed by atoms with van der Waals surface area (Å²) in [4.78, 5) is 29.2. The van der Waals surface area contributed by atoms with Crippen molar-refractivity contribution in [1.82, 2.24) is 10.2 Å². The summed E-state index contributed by atoms with van der Waals surface area (Å²) in [7, 11) is 0. The molecule has 7 nitrogen and oxygen atoms in total. The summed E-state index contributed by atoms with van der Waals surface area (Å²) < 4.78 is 5.77. The number of anilines is 2. The van der Waals surface area contributed by atoms with E-state index in [1.807, 2.05) is 29.2 Å². The number of hydrogen-bond donors (Lipinski definition) is 2. The Labute approximate surface area is 263 Å². The smallest absolute Gasteiger partial charge is 0.253 e. The van der Waals surface area contributed by atoms with Gasteiger partial charge in [-0.2, -0.15) is 0 Å². The number of amides is 2. The number of nitrogens with one attached hydrogen (secondary N) is 2. The van der Waals surface area contributed by atoms with E-state index >= 15 is 0 Å². The van der Waals surface area contributed by atoms with Gasteiger partial charge in [0, 0.05) is 69.8 Å². The number of halogens is 3. The molecule has 1 aromatic heterocycles. The molecule has 0 radical (unpaired) electrons. The summed E-state index contributed by atoms with van der Waals surface area (Å²) in [5.74, 6) is 0.668. The molecule has 2 amide bonds. The van der Waals surface area contributed by atoms with Crippen molar-refractivity contribution in [3.8, 4) is 11.3 Å². The van der Waals surface area contributed by atoms with Crippen molar-refractivity contribution in [1.29, 1.82) is 0 Å². The monoisotopic (exact) mass is 638 g/mol. The first kappa shape index (κ1) is 29.7. The van der Waals surface area contributed by atoms with Crippen molar-refractivity contribution in [2.24, 2.45) is 0 Å². The third-order valence-electron chi connectivity index (χ3n) is 6.56. The van der Waals surface area contributed by atoms with E-state index in [1.54, 1.807) is 60.7 Å². The van der Waals surface area contributed by atoms with Crippen molar-refractivity contribution >= 4 is 81.4 Å². The van der Waals surface area contributed by atoms with Crippen LogP contribution in [0, 0.1) is 0 Å². The van der Waals surface area contributed by atoms with Crippen LogP contribution in [-0.4, -0.2) is 48.0 Å². The minimum absolute atomic E-state index is 0.00749. The first-order chi connectivity index (χ1) is 20.2. The molecule has 5 rings (SSSR count). The van der Waals surface area contributed by atoms with Crippen molar-refractivity contribution in [2.75, 3.05) is 36.4 Å². The lowest BCUT2D eigenvalue weighted by Gasteiger charge is -2.36. The van der Waals surface area contributed by atoms with Gasteiger partial charge in [0.05, 0.1) is 0 Å². The van der Waals surface area contributed by atoms with Gasteiger partial charge in [0.2, 0.25) is 5.91 Å². The first-order valence-electron chi connectivity index (χ1n) is 13.0. The summed E-state index contributed by atoms with van der Waals surface area (Å²) in [6.07, 6.45) is 2.88. The molecule has 0 aliphatic carbocycles. The molecule has 0 atom stereocenters. The summed E-state index contributed by atoms with van der Waals surface area (Å²) in [5, 5.41) is 7.42. The van der Waals surface area contributed by atoms with Gasteiger partial charge in [-0.1, -0.05) is 34.8 Å². The lowest BCUT2D eigenvalue weighted by atomic mass is 10.1. The minimum atomic E-state index is -0.404. The molecule has 3 aromatic carbocycles. The van der Waals surface area contributed by atoms with Gasteiger partial charge in [-0.3, -0.25) is 14.9 Å². The van der Waals surface area contributed by atoms with Gasteiger partial charge in [0.15, 0.2) is 5.11 Å². The zero-order chi connectivity index (χ0) is 29.6. The first-order valence-corrected chi connectivity index (χ1v) is 14.5. The number of furan rings is 1. The average molecular weight is 640 g/mol. The number of nitrogens with zero attached hydrogens (tertiary/aromatic N) is 2. The molecule has 2 N–H and O–H groups in total. The molecule has 0 bridgehead atoms. The highest BCUT2D eigenvalue weighted by molar-refractivity contribution is 7.80. The molecule has 1 aliphatic heterocycles. The fraction of sp³-hybridized carbons (Fsp3) is 0.129. The van der Waals surface area contributed by atoms with Crippen LogP contribution in [0.2, 0.25) is 15.1 Å². The predicted molar refractivity (Wildman–Crippen MR) is 174 cm³/mol. The van der Waals surface area contributed by atoms with Crippen molar-refractivity contribution in [3.63, 3.8) is 0 Å². The number of benzene rings is 3. The Morgan fingerprint density at radius 3 is 2.14 bits per heavy atom. The van der Waals surface area contributed by atoms with Crippen LogP contribution in [0.15, 0.2) is 89.4 Å². The lowest BCUT2D eigenvalue weighted by molar-refractivity contribution is -0.115. The molecular weight excluding hydrogens is 615 g/mol. The molecule has 11 heteroatoms. The van der Waals surface area contributed by atoms with Crippen molar-refractivity contribution in [2.45, 2.75) is 0 Å². The van der Waals surface area contributed by atoms with E-state index in [9.17, 15) is 9.59 Å². The van der Waals surface area contributed by atoms with E-state index in [4.69, 9.17) is 51.4 Å². The quantitative estimate of drug-likeness (QED) is 0.169. The van der Waals surface area contributed by atoms with E-state index in [2.05, 4.69) is 15.5 Å². The third-order valence-corrected chi connectivity index (χ3v) is 7.45. The second-order valence-corrected chi connectivity index (χ2v) is 11.2. The van der Waals surface area contributed by atoms with E-state index in [0.717, 1.165) is 30.0 Å². The van der Waals surface area contributed by atoms with Crippen LogP contribution >= 0.6 is 47.0 Å². The standard InChI is InChI=1S/C31H25Cl3N4O3S/c32-22-3-1-20(2-4-22)30(40)38-15-13-37(14-16-38)26-7-5-25(6-8-26)35-31(42)36-29(39)12-10-27-9-11-28(41-27)21-17-23(33)19-24(34)18-21/h1-12,17-19H,13-16H2,(H2,35,36,39,42)/b12-10+. The highest BCUT2D eigenvalue weighted by Gasteiger charge is 2.22. The molecule has 0 unspecified atom stereocenters. The van der Waals surface area contributed by atoms with Gasteiger partial charge in [0.1, 0.15) is 11.5 Å². The van der Waals surface area contributed by atoms with Gasteiger partial charge in [-0.05, 0) is 97.2 Å². The Kier molecular flexibility index (Phi) is 9.49. The Morgan fingerprint density at radius 2 is 1.48 bits per heavy atom. The molecule has 1 aliphatic rings. The number of piperazine rings is 1. The fourth-order valence-electron chi connectivity index (χ4n) is 4.47. The Balaban J connectivity index is 1.08. The minimum Gasteiger partial charge on any atom is -0.457 e. The van der Waals surface area contributed by atoms with Crippen LogP contribution in [-0.2, 0) is 4.79 Å². The number of carbonyl (C=O) groups excluding carboxylic acids is 2. The third kappa shape index (κ3) is 7.72. The molecule has 4 aromatic rings. The molecule has 0 spiro atoms. The second-order valence-electron chi connectivity index (χ2n) is 9.47. The van der Waals surface area contributed by atoms with Gasteiger partial charge in [-0.25, -0.2) is 0 Å². The number of carbonyl (C=O) groups is 2. The molecule has 42 heavy (non-hydrogen) atoms. The molecule has 214 valence electrons. The highest BCUT2D eigenvalue weighted by atomic mass is 35.5. The SMILES string of the molecule is O=C(/C=C/c1ccc(-c2cc(Cl)cc(Cl)c2)o1)NC(=S)Nc1ccc(N2CCN(C(=O)c3ccc(Cl)cc3)CC2)cc1. The topological polar surface area (TPSA) is 77.8 Å². The summed E-state index contributed by atoms with van der Waals surface area (Å²) in [5.41, 5.74) is 3.14. The van der Waals surface area contributed by atoms with Crippen LogP contribution < -0.4 is 15.5 Å². The number of thiocarbonyl (C=S) groups is 1. The second kappa shape index (κ2) is 13.4. The van der Waals surface area contributed by atoms with Crippen molar-refractivity contribution in [3.05, 3.63) is 111 Å². The van der Waals surface area contributed by atoms with Crippen LogP contribution in [0.1, 0.15) is 16.1 Å². The van der Waals surface area contributed by atoms with Gasteiger partial charge in [0.25, 0.3) is 5.91 Å². The van der Waals surface area contributed by atoms with Gasteiger partial charge < -0.3 is 19.5 Å². The highest BCUT2D eigenvalue weighted by Crippen LogP contribution is 2.29. The maximum atomic E-state index is 12.8. The van der Waals surface area contributed by atoms with Crippen LogP contribution in [0.5, 0.6) is 0 Å². The molecule has 1 saturated heterocycles. The van der Waals surface area contributed by atoms with Crippen molar-refractivity contribution < 1.29 is 14.0 Å². The maximum absolute atomic E-state index is 12.8. The largest absolute Gasteiger partial charge is 0.457 e. The lowest BCUT2D eigenvalue weighted by Crippen LogP contribution is -2.48. The van der Waals surface area contributed by atoms with E-state index in [-0.39, 0.29) is 11.0 Å². The normalized spacial score (nSPS) is 13.3. The Morgan fingerprint density at radius 1 is 0.810 bits per heavy atom. The molecule has 1 fully saturated rings. The number of hydrogen-bond acceptors (Lipinski definition) is 5. The fourth-order valence-corrected chi connectivity index (χ4v) is 5.34. The van der Waals surface area contributed by atoms with Gasteiger partial charge >= 0.3 is 0 Å². The molecule has 0 saturated carbocycles. The number of rotatable bonds is 6. The maximum Gasteiger partial charge on any atom is 0.253 e. The van der Waals surface area contributed by atoms with E-state index in [0.29, 0.717) is 45.2 Å². The van der Waals surface area contributed by atoms with Crippen LogP contribution in [0.3, 0.4) is 0 Å². The molecule has 2 heterocycles. The van der Waals surface area contributed by atoms with E-state index < -0.39 is 5.91 Å². The van der Waals surface area contributed by atoms with E-state index in [1.165, 1.54) is 6.08 Å². The summed E-state index contributed by atoms with van der Waals surface area (Å²) in [6.45, 7) is 2.69. The average Bonchev–Trinajstić information content (AvgIpc) is 3.45. The predicted octanol–water partition coefficient (Wildman–Crippen LogP) is 7.40. The Hall–Kier alpha value is -3.82. The zero-order valence-corrected chi connectivity index (χ0v) is 25.2. The van der Waals surface area contributed by atoms with Crippen LogP contribution in [0.25, 0.3) is 17.4 Å². The summed E-state index contributed by atoms with van der Waals surface area (Å²) in [6, 6.07) is 23.3. The summed E-state index contributed by atoms with van der Waals surface area (Å²) >= 11 is 23.4. The zero-order valence-electron chi connectivity index (χ0n) is 22.1.